The number of rotatable bonds is 3. The molecule has 0 aliphatic heterocycles. The van der Waals surface area contributed by atoms with Crippen LogP contribution < -0.4 is 5.30 Å². The minimum absolute atomic E-state index is 0.782. The number of methoxy groups -OCH3 is 1. The van der Waals surface area contributed by atoms with Gasteiger partial charge in [0.1, 0.15) is 0 Å². The molecule has 0 aliphatic carbocycles. The molecule has 1 rings (SSSR count). The van der Waals surface area contributed by atoms with Gasteiger partial charge in [0.05, 0.1) is 6.35 Å². The number of hydrogen-bond acceptors (Lipinski definition) is 1. The Morgan fingerprint density at radius 3 is 2.60 bits per heavy atom. The van der Waals surface area contributed by atoms with Gasteiger partial charge in [-0.05, 0) is 5.30 Å². The predicted molar refractivity (Wildman–Crippen MR) is 46.3 cm³/mol. The normalized spacial score (nSPS) is 10.9. The van der Waals surface area contributed by atoms with Gasteiger partial charge in [0, 0.05) is 7.11 Å². The molecule has 1 nitrogen and oxygen atoms in total. The Kier molecular flexibility index (Phi) is 3.42. The third-order valence-electron chi connectivity index (χ3n) is 1.19. The SMILES string of the molecule is COCPc1ccccc1. The third-order valence-corrected chi connectivity index (χ3v) is 2.37. The van der Waals surface area contributed by atoms with Crippen molar-refractivity contribution in [2.45, 2.75) is 0 Å². The van der Waals surface area contributed by atoms with Crippen LogP contribution in [0.25, 0.3) is 0 Å². The van der Waals surface area contributed by atoms with Gasteiger partial charge in [-0.15, -0.1) is 0 Å². The van der Waals surface area contributed by atoms with E-state index in [1.807, 2.05) is 6.07 Å². The maximum Gasteiger partial charge on any atom is 0.0668 e. The Balaban J connectivity index is 2.43. The quantitative estimate of drug-likeness (QED) is 0.601. The Morgan fingerprint density at radius 1 is 1.30 bits per heavy atom. The van der Waals surface area contributed by atoms with Gasteiger partial charge in [-0.3, -0.25) is 0 Å². The molecule has 0 N–H and O–H groups in total. The van der Waals surface area contributed by atoms with E-state index in [4.69, 9.17) is 4.74 Å². The molecule has 0 saturated carbocycles. The van der Waals surface area contributed by atoms with Crippen LogP contribution in [-0.4, -0.2) is 13.5 Å². The van der Waals surface area contributed by atoms with Crippen LogP contribution >= 0.6 is 8.58 Å². The summed E-state index contributed by atoms with van der Waals surface area (Å²) in [6.45, 7) is 0. The summed E-state index contributed by atoms with van der Waals surface area (Å²) < 4.78 is 4.96. The van der Waals surface area contributed by atoms with Gasteiger partial charge in [-0.2, -0.15) is 0 Å². The molecule has 0 heterocycles. The second-order valence-corrected chi connectivity index (χ2v) is 3.20. The first kappa shape index (κ1) is 7.71. The van der Waals surface area contributed by atoms with Crippen molar-refractivity contribution in [3.8, 4) is 0 Å². The number of hydrogen-bond donors (Lipinski definition) is 0. The van der Waals surface area contributed by atoms with E-state index >= 15 is 0 Å². The molecule has 0 aromatic heterocycles. The summed E-state index contributed by atoms with van der Waals surface area (Å²) in [5.74, 6) is 0. The van der Waals surface area contributed by atoms with Gasteiger partial charge in [-0.1, -0.05) is 38.9 Å². The Morgan fingerprint density at radius 2 is 2.00 bits per heavy atom. The van der Waals surface area contributed by atoms with Crippen LogP contribution in [0.4, 0.5) is 0 Å². The summed E-state index contributed by atoms with van der Waals surface area (Å²) in [5.41, 5.74) is 0. The molecule has 1 atom stereocenters. The first-order chi connectivity index (χ1) is 4.93. The Bertz CT molecular complexity index is 174. The molecule has 0 bridgehead atoms. The van der Waals surface area contributed by atoms with Crippen molar-refractivity contribution in [1.82, 2.24) is 0 Å². The standard InChI is InChI=1S/C8H11OP/c1-9-7-10-8-5-3-2-4-6-8/h2-6,10H,7H2,1H3. The molecule has 54 valence electrons. The van der Waals surface area contributed by atoms with Gasteiger partial charge >= 0.3 is 0 Å². The maximum atomic E-state index is 4.96. The lowest BCUT2D eigenvalue weighted by molar-refractivity contribution is 0.257. The van der Waals surface area contributed by atoms with E-state index in [2.05, 4.69) is 24.3 Å². The molecule has 1 aromatic rings. The van der Waals surface area contributed by atoms with E-state index in [0.717, 1.165) is 14.9 Å². The van der Waals surface area contributed by atoms with Gasteiger partial charge in [-0.25, -0.2) is 0 Å². The number of ether oxygens (including phenoxy) is 1. The van der Waals surface area contributed by atoms with Crippen LogP contribution in [0.5, 0.6) is 0 Å². The van der Waals surface area contributed by atoms with Crippen LogP contribution in [-0.2, 0) is 4.74 Å². The van der Waals surface area contributed by atoms with Crippen molar-refractivity contribution in [3.63, 3.8) is 0 Å². The third kappa shape index (κ3) is 2.47. The summed E-state index contributed by atoms with van der Waals surface area (Å²) in [5, 5.41) is 1.37. The average Bonchev–Trinajstić information content (AvgIpc) is 2.03. The molecule has 0 radical (unpaired) electrons. The zero-order valence-corrected chi connectivity index (χ0v) is 7.00. The highest BCUT2D eigenvalue weighted by atomic mass is 31.1. The summed E-state index contributed by atoms with van der Waals surface area (Å²) in [6, 6.07) is 10.4. The van der Waals surface area contributed by atoms with E-state index in [-0.39, 0.29) is 0 Å². The molecule has 0 amide bonds. The number of benzene rings is 1. The van der Waals surface area contributed by atoms with Crippen molar-refractivity contribution in [2.24, 2.45) is 0 Å². The lowest BCUT2D eigenvalue weighted by atomic mass is 10.4. The van der Waals surface area contributed by atoms with Gasteiger partial charge in [0.25, 0.3) is 0 Å². The molecule has 0 aliphatic rings. The first-order valence-corrected chi connectivity index (χ1v) is 4.42. The van der Waals surface area contributed by atoms with Crippen molar-refractivity contribution < 1.29 is 4.74 Å². The second-order valence-electron chi connectivity index (χ2n) is 1.98. The zero-order valence-electron chi connectivity index (χ0n) is 6.00. The van der Waals surface area contributed by atoms with Crippen molar-refractivity contribution >= 4 is 13.9 Å². The Labute approximate surface area is 63.2 Å². The molecular formula is C8H11OP. The van der Waals surface area contributed by atoms with Crippen LogP contribution in [0.2, 0.25) is 0 Å². The Hall–Kier alpha value is -0.390. The smallest absolute Gasteiger partial charge is 0.0668 e. The minimum atomic E-state index is 0.782. The molecule has 0 spiro atoms. The van der Waals surface area contributed by atoms with Crippen LogP contribution in [0.15, 0.2) is 30.3 Å². The van der Waals surface area contributed by atoms with Crippen molar-refractivity contribution in [2.75, 3.05) is 13.5 Å². The first-order valence-electron chi connectivity index (χ1n) is 3.21. The molecular weight excluding hydrogens is 143 g/mol. The molecule has 1 unspecified atom stereocenters. The van der Waals surface area contributed by atoms with Crippen LogP contribution in [0.1, 0.15) is 0 Å². The fraction of sp³-hybridized carbons (Fsp3) is 0.250. The average molecular weight is 154 g/mol. The predicted octanol–water partition coefficient (Wildman–Crippen LogP) is 1.59. The van der Waals surface area contributed by atoms with Crippen LogP contribution in [0, 0.1) is 0 Å². The summed E-state index contributed by atoms with van der Waals surface area (Å²) in [7, 11) is 2.51. The summed E-state index contributed by atoms with van der Waals surface area (Å²) in [4.78, 5) is 0. The highest BCUT2D eigenvalue weighted by Crippen LogP contribution is 2.07. The fourth-order valence-electron chi connectivity index (χ4n) is 0.712. The molecule has 1 aromatic carbocycles. The van der Waals surface area contributed by atoms with Crippen LogP contribution in [0.3, 0.4) is 0 Å². The van der Waals surface area contributed by atoms with Gasteiger partial charge in [0.15, 0.2) is 0 Å². The monoisotopic (exact) mass is 154 g/mol. The van der Waals surface area contributed by atoms with Gasteiger partial charge < -0.3 is 4.74 Å². The lowest BCUT2D eigenvalue weighted by Crippen LogP contribution is -1.93. The topological polar surface area (TPSA) is 9.23 Å². The largest absolute Gasteiger partial charge is 0.380 e. The second kappa shape index (κ2) is 4.43. The van der Waals surface area contributed by atoms with E-state index in [1.54, 1.807) is 7.11 Å². The molecule has 2 heteroatoms. The van der Waals surface area contributed by atoms with E-state index in [0.29, 0.717) is 0 Å². The van der Waals surface area contributed by atoms with Gasteiger partial charge in [0.2, 0.25) is 0 Å². The molecule has 0 saturated heterocycles. The zero-order chi connectivity index (χ0) is 7.23. The van der Waals surface area contributed by atoms with E-state index < -0.39 is 0 Å². The highest BCUT2D eigenvalue weighted by Gasteiger charge is 1.87. The fourth-order valence-corrected chi connectivity index (χ4v) is 1.45. The summed E-state index contributed by atoms with van der Waals surface area (Å²) >= 11 is 0. The highest BCUT2D eigenvalue weighted by molar-refractivity contribution is 7.46. The summed E-state index contributed by atoms with van der Waals surface area (Å²) in [6.07, 6.45) is 0.837. The van der Waals surface area contributed by atoms with E-state index in [9.17, 15) is 0 Å². The van der Waals surface area contributed by atoms with E-state index in [1.165, 1.54) is 5.30 Å². The molecule has 10 heavy (non-hydrogen) atoms. The molecule has 0 fully saturated rings. The van der Waals surface area contributed by atoms with Crippen molar-refractivity contribution in [3.05, 3.63) is 30.3 Å². The van der Waals surface area contributed by atoms with Crippen molar-refractivity contribution in [1.29, 1.82) is 0 Å². The lowest BCUT2D eigenvalue weighted by Gasteiger charge is -1.97. The minimum Gasteiger partial charge on any atom is -0.380 e. The maximum absolute atomic E-state index is 4.96.